The molecule has 0 aliphatic rings. The number of aliphatic carboxylic acids is 1. The molecular formula is C9H7ClFNO3. The summed E-state index contributed by atoms with van der Waals surface area (Å²) in [6.07, 6.45) is 0.241. The summed E-state index contributed by atoms with van der Waals surface area (Å²) in [6.45, 7) is 0. The Kier molecular flexibility index (Phi) is 3.62. The van der Waals surface area contributed by atoms with E-state index in [2.05, 4.69) is 5.32 Å². The highest BCUT2D eigenvalue weighted by atomic mass is 35.5. The van der Waals surface area contributed by atoms with Gasteiger partial charge in [-0.15, -0.1) is 0 Å². The van der Waals surface area contributed by atoms with Crippen molar-refractivity contribution in [1.82, 2.24) is 5.32 Å². The molecule has 0 bridgehead atoms. The van der Waals surface area contributed by atoms with Gasteiger partial charge < -0.3 is 10.4 Å². The molecule has 0 radical (unpaired) electrons. The molecule has 80 valence electrons. The van der Waals surface area contributed by atoms with Crippen molar-refractivity contribution in [3.63, 3.8) is 0 Å². The van der Waals surface area contributed by atoms with Gasteiger partial charge in [0, 0.05) is 0 Å². The Bertz CT molecular complexity index is 397. The van der Waals surface area contributed by atoms with Crippen LogP contribution in [0.15, 0.2) is 18.2 Å². The standard InChI is InChI=1S/C9H7ClFNO3/c10-6-2-1-5(3-7(6)11)8(9(14)15)12-4-13/h1-4,8H,(H,12,13)(H,14,15). The van der Waals surface area contributed by atoms with Crippen LogP contribution in [0.4, 0.5) is 4.39 Å². The van der Waals surface area contributed by atoms with Crippen molar-refractivity contribution in [2.24, 2.45) is 0 Å². The SMILES string of the molecule is O=CNC(C(=O)O)c1ccc(Cl)c(F)c1. The number of rotatable bonds is 4. The van der Waals surface area contributed by atoms with Gasteiger partial charge in [-0.05, 0) is 17.7 Å². The number of carboxylic acid groups (broad SMARTS) is 1. The smallest absolute Gasteiger partial charge is 0.330 e. The lowest BCUT2D eigenvalue weighted by Crippen LogP contribution is -2.27. The van der Waals surface area contributed by atoms with Crippen molar-refractivity contribution in [3.05, 3.63) is 34.6 Å². The maximum atomic E-state index is 13.0. The van der Waals surface area contributed by atoms with Crippen molar-refractivity contribution in [3.8, 4) is 0 Å². The third-order valence-electron chi connectivity index (χ3n) is 1.76. The van der Waals surface area contributed by atoms with E-state index in [-0.39, 0.29) is 17.0 Å². The Morgan fingerprint density at radius 2 is 2.27 bits per heavy atom. The van der Waals surface area contributed by atoms with Crippen LogP contribution in [-0.4, -0.2) is 17.5 Å². The van der Waals surface area contributed by atoms with Gasteiger partial charge in [0.1, 0.15) is 5.82 Å². The molecule has 0 heterocycles. The summed E-state index contributed by atoms with van der Waals surface area (Å²) in [6, 6.07) is 2.27. The molecule has 0 spiro atoms. The van der Waals surface area contributed by atoms with Crippen molar-refractivity contribution < 1.29 is 19.1 Å². The highest BCUT2D eigenvalue weighted by molar-refractivity contribution is 6.30. The Hall–Kier alpha value is -1.62. The second-order valence-electron chi connectivity index (χ2n) is 2.73. The highest BCUT2D eigenvalue weighted by Crippen LogP contribution is 2.20. The van der Waals surface area contributed by atoms with Gasteiger partial charge in [0.2, 0.25) is 6.41 Å². The molecule has 0 saturated carbocycles. The van der Waals surface area contributed by atoms with E-state index in [0.717, 1.165) is 6.07 Å². The van der Waals surface area contributed by atoms with Gasteiger partial charge in [0.15, 0.2) is 6.04 Å². The molecule has 2 N–H and O–H groups in total. The average Bonchev–Trinajstić information content (AvgIpc) is 2.18. The van der Waals surface area contributed by atoms with Gasteiger partial charge in [0.25, 0.3) is 0 Å². The third kappa shape index (κ3) is 2.66. The van der Waals surface area contributed by atoms with E-state index < -0.39 is 17.8 Å². The average molecular weight is 232 g/mol. The van der Waals surface area contributed by atoms with E-state index in [1.165, 1.54) is 12.1 Å². The van der Waals surface area contributed by atoms with Crippen LogP contribution in [0.5, 0.6) is 0 Å². The summed E-state index contributed by atoms with van der Waals surface area (Å²) in [4.78, 5) is 20.9. The first kappa shape index (κ1) is 11.5. The molecule has 4 nitrogen and oxygen atoms in total. The molecule has 1 unspecified atom stereocenters. The topological polar surface area (TPSA) is 66.4 Å². The summed E-state index contributed by atoms with van der Waals surface area (Å²) in [5.41, 5.74) is 0.122. The van der Waals surface area contributed by atoms with E-state index in [4.69, 9.17) is 16.7 Å². The van der Waals surface area contributed by atoms with Gasteiger partial charge >= 0.3 is 5.97 Å². The largest absolute Gasteiger partial charge is 0.479 e. The first-order chi connectivity index (χ1) is 7.06. The predicted octanol–water partition coefficient (Wildman–Crippen LogP) is 1.35. The zero-order valence-corrected chi connectivity index (χ0v) is 8.16. The molecule has 6 heteroatoms. The predicted molar refractivity (Wildman–Crippen MR) is 51.0 cm³/mol. The molecule has 15 heavy (non-hydrogen) atoms. The lowest BCUT2D eigenvalue weighted by atomic mass is 10.1. The second kappa shape index (κ2) is 4.75. The highest BCUT2D eigenvalue weighted by Gasteiger charge is 2.19. The number of hydrogen-bond acceptors (Lipinski definition) is 2. The summed E-state index contributed by atoms with van der Waals surface area (Å²) in [5.74, 6) is -2.00. The maximum Gasteiger partial charge on any atom is 0.330 e. The van der Waals surface area contributed by atoms with E-state index in [9.17, 15) is 14.0 Å². The van der Waals surface area contributed by atoms with Crippen molar-refractivity contribution >= 4 is 24.0 Å². The van der Waals surface area contributed by atoms with E-state index >= 15 is 0 Å². The molecule has 0 fully saturated rings. The van der Waals surface area contributed by atoms with Crippen molar-refractivity contribution in [2.75, 3.05) is 0 Å². The zero-order chi connectivity index (χ0) is 11.4. The number of carboxylic acids is 1. The van der Waals surface area contributed by atoms with Crippen molar-refractivity contribution in [1.29, 1.82) is 0 Å². The van der Waals surface area contributed by atoms with Crippen molar-refractivity contribution in [2.45, 2.75) is 6.04 Å². The van der Waals surface area contributed by atoms with Crippen LogP contribution in [0.1, 0.15) is 11.6 Å². The second-order valence-corrected chi connectivity index (χ2v) is 3.14. The monoisotopic (exact) mass is 231 g/mol. The van der Waals surface area contributed by atoms with Gasteiger partial charge in [-0.25, -0.2) is 9.18 Å². The summed E-state index contributed by atoms with van der Waals surface area (Å²) in [7, 11) is 0. The van der Waals surface area contributed by atoms with Gasteiger partial charge in [-0.3, -0.25) is 4.79 Å². The first-order valence-electron chi connectivity index (χ1n) is 3.93. The Labute approximate surface area is 89.7 Å². The maximum absolute atomic E-state index is 13.0. The summed E-state index contributed by atoms with van der Waals surface area (Å²) in [5, 5.41) is 10.7. The molecular weight excluding hydrogens is 225 g/mol. The molecule has 1 amide bonds. The normalized spacial score (nSPS) is 11.9. The fourth-order valence-corrected chi connectivity index (χ4v) is 1.19. The fraction of sp³-hybridized carbons (Fsp3) is 0.111. The van der Waals surface area contributed by atoms with Gasteiger partial charge in [-0.1, -0.05) is 17.7 Å². The molecule has 1 rings (SSSR count). The number of nitrogens with one attached hydrogen (secondary N) is 1. The van der Waals surface area contributed by atoms with Crippen LogP contribution < -0.4 is 5.32 Å². The molecule has 0 aromatic heterocycles. The van der Waals surface area contributed by atoms with Crippen LogP contribution in [0.2, 0.25) is 5.02 Å². The number of hydrogen-bond donors (Lipinski definition) is 2. The summed E-state index contributed by atoms with van der Waals surface area (Å²) < 4.78 is 13.0. The van der Waals surface area contributed by atoms with E-state index in [0.29, 0.717) is 0 Å². The van der Waals surface area contributed by atoms with Gasteiger partial charge in [0.05, 0.1) is 5.02 Å². The third-order valence-corrected chi connectivity index (χ3v) is 2.07. The Balaban J connectivity index is 3.06. The number of carbonyl (C=O) groups excluding carboxylic acids is 1. The van der Waals surface area contributed by atoms with Crippen LogP contribution >= 0.6 is 11.6 Å². The molecule has 0 aliphatic carbocycles. The molecule has 1 atom stereocenters. The molecule has 1 aromatic carbocycles. The minimum absolute atomic E-state index is 0.103. The Morgan fingerprint density at radius 3 is 2.73 bits per heavy atom. The van der Waals surface area contributed by atoms with E-state index in [1.807, 2.05) is 0 Å². The van der Waals surface area contributed by atoms with E-state index in [1.54, 1.807) is 0 Å². The first-order valence-corrected chi connectivity index (χ1v) is 4.31. The summed E-state index contributed by atoms with van der Waals surface area (Å²) >= 11 is 5.43. The minimum atomic E-state index is -1.27. The number of carbonyl (C=O) groups is 2. The number of benzene rings is 1. The minimum Gasteiger partial charge on any atom is -0.479 e. The molecule has 0 aliphatic heterocycles. The van der Waals surface area contributed by atoms with Gasteiger partial charge in [-0.2, -0.15) is 0 Å². The van der Waals surface area contributed by atoms with Crippen LogP contribution in [0, 0.1) is 5.82 Å². The molecule has 0 saturated heterocycles. The lowest BCUT2D eigenvalue weighted by Gasteiger charge is -2.11. The zero-order valence-electron chi connectivity index (χ0n) is 7.41. The fourth-order valence-electron chi connectivity index (χ4n) is 1.07. The lowest BCUT2D eigenvalue weighted by molar-refractivity contribution is -0.140. The quantitative estimate of drug-likeness (QED) is 0.769. The number of halogens is 2. The Morgan fingerprint density at radius 1 is 1.60 bits per heavy atom. The van der Waals surface area contributed by atoms with Crippen LogP contribution in [0.3, 0.4) is 0 Å². The van der Waals surface area contributed by atoms with Crippen LogP contribution in [-0.2, 0) is 9.59 Å². The number of amides is 1. The molecule has 1 aromatic rings. The van der Waals surface area contributed by atoms with Crippen LogP contribution in [0.25, 0.3) is 0 Å².